The van der Waals surface area contributed by atoms with E-state index in [2.05, 4.69) is 10.3 Å². The number of carbonyl (C=O) groups excluding carboxylic acids is 1. The Bertz CT molecular complexity index is 1010. The molecule has 1 amide bonds. The molecule has 0 unspecified atom stereocenters. The van der Waals surface area contributed by atoms with Gasteiger partial charge in [0.2, 0.25) is 5.88 Å². The smallest absolute Gasteiger partial charge is 0.417 e. The van der Waals surface area contributed by atoms with Crippen molar-refractivity contribution in [3.63, 3.8) is 0 Å². The predicted octanol–water partition coefficient (Wildman–Crippen LogP) is 5.68. The lowest BCUT2D eigenvalue weighted by Crippen LogP contribution is -2.33. The molecular weight excluding hydrogens is 474 g/mol. The number of benzene rings is 1. The summed E-state index contributed by atoms with van der Waals surface area (Å²) in [6, 6.07) is 4.43. The van der Waals surface area contributed by atoms with Gasteiger partial charge in [0.25, 0.3) is 11.6 Å². The molecule has 0 aliphatic heterocycles. The van der Waals surface area contributed by atoms with E-state index in [1.165, 1.54) is 12.1 Å². The Kier molecular flexibility index (Phi) is 7.45. The number of hydrogen-bond donors (Lipinski definition) is 1. The number of rotatable bonds is 6. The van der Waals surface area contributed by atoms with Gasteiger partial charge in [0.15, 0.2) is 0 Å². The highest BCUT2D eigenvalue weighted by molar-refractivity contribution is 6.34. The number of nitro groups is 1. The molecule has 0 bridgehead atoms. The molecule has 0 radical (unpaired) electrons. The summed E-state index contributed by atoms with van der Waals surface area (Å²) in [6.45, 7) is 0.351. The molecule has 0 saturated heterocycles. The van der Waals surface area contributed by atoms with Crippen LogP contribution in [0.25, 0.3) is 0 Å². The van der Waals surface area contributed by atoms with E-state index in [1.807, 2.05) is 0 Å². The highest BCUT2D eigenvalue weighted by atomic mass is 35.5. The number of ether oxygens (including phenoxy) is 1. The first-order valence-electron chi connectivity index (χ1n) is 9.66. The van der Waals surface area contributed by atoms with Crippen LogP contribution in [0, 0.1) is 16.0 Å². The quantitative estimate of drug-likeness (QED) is 0.414. The molecule has 0 atom stereocenters. The van der Waals surface area contributed by atoms with Crippen LogP contribution in [0.5, 0.6) is 5.88 Å². The van der Waals surface area contributed by atoms with Gasteiger partial charge in [0.05, 0.1) is 21.1 Å². The maximum atomic E-state index is 12.7. The summed E-state index contributed by atoms with van der Waals surface area (Å²) < 4.78 is 43.8. The summed E-state index contributed by atoms with van der Waals surface area (Å²) in [4.78, 5) is 26.4. The Morgan fingerprint density at radius 2 is 1.88 bits per heavy atom. The summed E-state index contributed by atoms with van der Waals surface area (Å²) >= 11 is 11.9. The number of amides is 1. The number of carbonyl (C=O) groups is 1. The van der Waals surface area contributed by atoms with Gasteiger partial charge in [-0.3, -0.25) is 14.9 Å². The summed E-state index contributed by atoms with van der Waals surface area (Å²) in [7, 11) is 0. The van der Waals surface area contributed by atoms with Crippen molar-refractivity contribution >= 4 is 34.8 Å². The fourth-order valence-corrected chi connectivity index (χ4v) is 3.83. The monoisotopic (exact) mass is 491 g/mol. The molecule has 172 valence electrons. The molecule has 1 heterocycles. The van der Waals surface area contributed by atoms with Crippen LogP contribution in [-0.4, -0.2) is 28.5 Å². The number of aromatic nitrogens is 1. The van der Waals surface area contributed by atoms with Gasteiger partial charge in [-0.25, -0.2) is 4.98 Å². The Morgan fingerprint density at radius 3 is 2.47 bits per heavy atom. The number of hydrogen-bond acceptors (Lipinski definition) is 5. The molecule has 7 nitrogen and oxygen atoms in total. The molecule has 1 aliphatic carbocycles. The first kappa shape index (κ1) is 24.1. The third kappa shape index (κ3) is 6.01. The SMILES string of the molecule is O=C(NCC1CCC(Oc2ncc(C(F)(F)F)cc2Cl)CC1)c1cc([N+](=O)[O-])ccc1Cl. The molecule has 1 aromatic heterocycles. The maximum Gasteiger partial charge on any atom is 0.417 e. The fourth-order valence-electron chi connectivity index (χ4n) is 3.41. The highest BCUT2D eigenvalue weighted by Gasteiger charge is 2.32. The van der Waals surface area contributed by atoms with Crippen molar-refractivity contribution in [2.45, 2.75) is 38.0 Å². The maximum absolute atomic E-state index is 12.7. The van der Waals surface area contributed by atoms with E-state index in [0.717, 1.165) is 12.1 Å². The van der Waals surface area contributed by atoms with Crippen molar-refractivity contribution in [1.82, 2.24) is 10.3 Å². The van der Waals surface area contributed by atoms with E-state index in [-0.39, 0.29) is 39.2 Å². The van der Waals surface area contributed by atoms with Crippen molar-refractivity contribution in [3.8, 4) is 5.88 Å². The van der Waals surface area contributed by atoms with Crippen molar-refractivity contribution in [3.05, 3.63) is 61.7 Å². The number of pyridine rings is 1. The number of nitrogens with zero attached hydrogens (tertiary/aromatic N) is 2. The molecule has 1 aromatic carbocycles. The van der Waals surface area contributed by atoms with E-state index in [9.17, 15) is 28.1 Å². The molecule has 1 aliphatic rings. The summed E-state index contributed by atoms with van der Waals surface area (Å²) in [6.07, 6.45) is -1.49. The van der Waals surface area contributed by atoms with Gasteiger partial charge in [-0.15, -0.1) is 0 Å². The average Bonchev–Trinajstić information content (AvgIpc) is 2.73. The normalized spacial score (nSPS) is 18.8. The Hall–Kier alpha value is -2.59. The number of halogens is 5. The lowest BCUT2D eigenvalue weighted by molar-refractivity contribution is -0.384. The van der Waals surface area contributed by atoms with Crippen molar-refractivity contribution in [2.24, 2.45) is 5.92 Å². The van der Waals surface area contributed by atoms with E-state index in [0.29, 0.717) is 38.4 Å². The topological polar surface area (TPSA) is 94.4 Å². The van der Waals surface area contributed by atoms with Crippen LogP contribution in [0.2, 0.25) is 10.0 Å². The molecule has 32 heavy (non-hydrogen) atoms. The standard InChI is InChI=1S/C20H18Cl2F3N3O4/c21-16-6-3-13(28(30)31)8-15(16)18(29)26-9-11-1-4-14(5-2-11)32-19-17(22)7-12(10-27-19)20(23,24)25/h3,6-8,10-11,14H,1-2,4-5,9H2,(H,26,29). The minimum absolute atomic E-state index is 0.0286. The molecule has 0 spiro atoms. The van der Waals surface area contributed by atoms with Crippen LogP contribution < -0.4 is 10.1 Å². The first-order valence-corrected chi connectivity index (χ1v) is 10.4. The van der Waals surface area contributed by atoms with E-state index >= 15 is 0 Å². The second kappa shape index (κ2) is 9.91. The van der Waals surface area contributed by atoms with Gasteiger partial charge in [0.1, 0.15) is 11.1 Å². The first-order chi connectivity index (χ1) is 15.0. The molecule has 1 fully saturated rings. The van der Waals surface area contributed by atoms with Gasteiger partial charge >= 0.3 is 6.18 Å². The van der Waals surface area contributed by atoms with Crippen LogP contribution >= 0.6 is 23.2 Å². The Morgan fingerprint density at radius 1 is 1.19 bits per heavy atom. The molecule has 12 heteroatoms. The molecule has 1 N–H and O–H groups in total. The third-order valence-corrected chi connectivity index (χ3v) is 5.76. The lowest BCUT2D eigenvalue weighted by atomic mass is 9.87. The van der Waals surface area contributed by atoms with Gasteiger partial charge in [-0.05, 0) is 43.7 Å². The minimum atomic E-state index is -4.54. The highest BCUT2D eigenvalue weighted by Crippen LogP contribution is 2.35. The van der Waals surface area contributed by atoms with Crippen LogP contribution in [0.1, 0.15) is 41.6 Å². The number of non-ortho nitro benzene ring substituents is 1. The van der Waals surface area contributed by atoms with Crippen molar-refractivity contribution < 1.29 is 27.6 Å². The van der Waals surface area contributed by atoms with E-state index < -0.39 is 22.6 Å². The molecular formula is C20H18Cl2F3N3O4. The van der Waals surface area contributed by atoms with E-state index in [4.69, 9.17) is 27.9 Å². The van der Waals surface area contributed by atoms with Crippen molar-refractivity contribution in [2.75, 3.05) is 6.54 Å². The Labute approximate surface area is 191 Å². The van der Waals surface area contributed by atoms with Gasteiger partial charge < -0.3 is 10.1 Å². The van der Waals surface area contributed by atoms with Crippen LogP contribution in [-0.2, 0) is 6.18 Å². The zero-order chi connectivity index (χ0) is 23.5. The minimum Gasteiger partial charge on any atom is -0.473 e. The summed E-state index contributed by atoms with van der Waals surface area (Å²) in [5, 5.41) is 13.5. The van der Waals surface area contributed by atoms with Crippen LogP contribution in [0.15, 0.2) is 30.5 Å². The number of nitrogens with one attached hydrogen (secondary N) is 1. The molecule has 2 aromatic rings. The zero-order valence-electron chi connectivity index (χ0n) is 16.5. The van der Waals surface area contributed by atoms with Crippen LogP contribution in [0.3, 0.4) is 0 Å². The van der Waals surface area contributed by atoms with Gasteiger partial charge in [-0.1, -0.05) is 23.2 Å². The summed E-state index contributed by atoms with van der Waals surface area (Å²) in [5.74, 6) is -0.401. The zero-order valence-corrected chi connectivity index (χ0v) is 18.0. The average molecular weight is 492 g/mol. The van der Waals surface area contributed by atoms with Gasteiger partial charge in [0, 0.05) is 24.9 Å². The molecule has 1 saturated carbocycles. The Balaban J connectivity index is 1.50. The fraction of sp³-hybridized carbons (Fsp3) is 0.400. The third-order valence-electron chi connectivity index (χ3n) is 5.16. The molecule has 3 rings (SSSR count). The van der Waals surface area contributed by atoms with Crippen LogP contribution in [0.4, 0.5) is 18.9 Å². The number of nitro benzene ring substituents is 1. The van der Waals surface area contributed by atoms with Crippen molar-refractivity contribution in [1.29, 1.82) is 0 Å². The summed E-state index contributed by atoms with van der Waals surface area (Å²) in [5.41, 5.74) is -1.15. The van der Waals surface area contributed by atoms with Gasteiger partial charge in [-0.2, -0.15) is 13.2 Å². The number of alkyl halides is 3. The lowest BCUT2D eigenvalue weighted by Gasteiger charge is -2.29. The largest absolute Gasteiger partial charge is 0.473 e. The second-order valence-electron chi connectivity index (χ2n) is 7.40. The second-order valence-corrected chi connectivity index (χ2v) is 8.21. The van der Waals surface area contributed by atoms with E-state index in [1.54, 1.807) is 0 Å². The predicted molar refractivity (Wildman–Crippen MR) is 111 cm³/mol.